The summed E-state index contributed by atoms with van der Waals surface area (Å²) in [6, 6.07) is 3.14. The zero-order valence-electron chi connectivity index (χ0n) is 10.4. The number of hydrogen-bond acceptors (Lipinski definition) is 6. The molecule has 0 heterocycles. The molecule has 0 saturated carbocycles. The van der Waals surface area contributed by atoms with Gasteiger partial charge in [0.15, 0.2) is 0 Å². The maximum Gasteiger partial charge on any atom is 0.441 e. The van der Waals surface area contributed by atoms with E-state index in [2.05, 4.69) is 5.32 Å². The molecule has 0 aliphatic rings. The smallest absolute Gasteiger partial charge is 0.312 e. The fraction of sp³-hybridized carbons (Fsp3) is 0.400. The minimum atomic E-state index is -4.32. The third kappa shape index (κ3) is 5.95. The SMILES string of the molecule is O=[N+]([O-])c1ccc(CNCCSC(F)(F)F)c([N+](=O)[O-])c1. The van der Waals surface area contributed by atoms with Crippen molar-refractivity contribution >= 4 is 23.1 Å². The monoisotopic (exact) mass is 325 g/mol. The highest BCUT2D eigenvalue weighted by atomic mass is 32.2. The van der Waals surface area contributed by atoms with Crippen LogP contribution in [0.4, 0.5) is 24.5 Å². The van der Waals surface area contributed by atoms with Crippen molar-refractivity contribution in [2.24, 2.45) is 0 Å². The van der Waals surface area contributed by atoms with Crippen molar-refractivity contribution in [2.45, 2.75) is 12.1 Å². The molecular formula is C10H10F3N3O4S. The van der Waals surface area contributed by atoms with E-state index in [-0.39, 0.29) is 36.2 Å². The van der Waals surface area contributed by atoms with Gasteiger partial charge in [-0.3, -0.25) is 20.2 Å². The van der Waals surface area contributed by atoms with Crippen LogP contribution in [-0.4, -0.2) is 27.7 Å². The Morgan fingerprint density at radius 3 is 2.38 bits per heavy atom. The van der Waals surface area contributed by atoms with E-state index >= 15 is 0 Å². The van der Waals surface area contributed by atoms with Crippen LogP contribution >= 0.6 is 11.8 Å². The van der Waals surface area contributed by atoms with Crippen LogP contribution in [0.3, 0.4) is 0 Å². The molecule has 0 radical (unpaired) electrons. The Kier molecular flexibility index (Phi) is 5.90. The van der Waals surface area contributed by atoms with Gasteiger partial charge in [0, 0.05) is 30.5 Å². The zero-order chi connectivity index (χ0) is 16.0. The van der Waals surface area contributed by atoms with Crippen molar-refractivity contribution in [1.29, 1.82) is 0 Å². The van der Waals surface area contributed by atoms with Gasteiger partial charge in [-0.1, -0.05) is 0 Å². The fourth-order valence-corrected chi connectivity index (χ4v) is 1.93. The number of alkyl halides is 3. The lowest BCUT2D eigenvalue weighted by Gasteiger charge is -2.07. The van der Waals surface area contributed by atoms with E-state index in [9.17, 15) is 33.4 Å². The van der Waals surface area contributed by atoms with Crippen molar-refractivity contribution in [3.63, 3.8) is 0 Å². The molecule has 0 amide bonds. The molecule has 21 heavy (non-hydrogen) atoms. The van der Waals surface area contributed by atoms with Gasteiger partial charge in [0.05, 0.1) is 15.9 Å². The maximum absolute atomic E-state index is 11.9. The highest BCUT2D eigenvalue weighted by molar-refractivity contribution is 8.00. The lowest BCUT2D eigenvalue weighted by Crippen LogP contribution is -2.19. The molecule has 0 aliphatic heterocycles. The Labute approximate surface area is 120 Å². The first-order chi connectivity index (χ1) is 9.70. The molecule has 7 nitrogen and oxygen atoms in total. The van der Waals surface area contributed by atoms with E-state index < -0.39 is 26.7 Å². The Balaban J connectivity index is 2.62. The van der Waals surface area contributed by atoms with E-state index in [0.29, 0.717) is 0 Å². The van der Waals surface area contributed by atoms with Crippen LogP contribution in [0.25, 0.3) is 0 Å². The molecule has 1 aromatic carbocycles. The normalized spacial score (nSPS) is 11.4. The molecule has 0 bridgehead atoms. The number of nitrogens with one attached hydrogen (secondary N) is 1. The van der Waals surface area contributed by atoms with E-state index in [1.807, 2.05) is 0 Å². The topological polar surface area (TPSA) is 98.3 Å². The van der Waals surface area contributed by atoms with Gasteiger partial charge < -0.3 is 5.32 Å². The minimum Gasteiger partial charge on any atom is -0.312 e. The average molecular weight is 325 g/mol. The Hall–Kier alpha value is -1.88. The summed E-state index contributed by atoms with van der Waals surface area (Å²) in [6.45, 7) is -0.0506. The Bertz CT molecular complexity index is 539. The zero-order valence-corrected chi connectivity index (χ0v) is 11.2. The second kappa shape index (κ2) is 7.22. The fourth-order valence-electron chi connectivity index (χ4n) is 1.45. The molecule has 1 rings (SSSR count). The standard InChI is InChI=1S/C10H10F3N3O4S/c11-10(12,13)21-4-3-14-6-7-1-2-8(15(17)18)5-9(7)16(19)20/h1-2,5,14H,3-4,6H2. The molecule has 1 N–H and O–H groups in total. The number of hydrogen-bond donors (Lipinski definition) is 1. The van der Waals surface area contributed by atoms with Crippen LogP contribution in [0.1, 0.15) is 5.56 Å². The second-order valence-corrected chi connectivity index (χ2v) is 4.96. The van der Waals surface area contributed by atoms with Crippen LogP contribution in [0.5, 0.6) is 0 Å². The summed E-state index contributed by atoms with van der Waals surface area (Å²) in [6.07, 6.45) is 0. The molecule has 11 heteroatoms. The third-order valence-electron chi connectivity index (χ3n) is 2.34. The molecule has 0 atom stereocenters. The number of nitrogens with zero attached hydrogens (tertiary/aromatic N) is 2. The third-order valence-corrected chi connectivity index (χ3v) is 3.07. The summed E-state index contributed by atoms with van der Waals surface area (Å²) in [5.74, 6) is -0.232. The van der Waals surface area contributed by atoms with Crippen LogP contribution in [0.2, 0.25) is 0 Å². The number of halogens is 3. The molecule has 0 aromatic heterocycles. The predicted octanol–water partition coefficient (Wildman–Crippen LogP) is 2.85. The first-order valence-corrected chi connectivity index (χ1v) is 6.52. The van der Waals surface area contributed by atoms with Crippen molar-refractivity contribution in [3.05, 3.63) is 44.0 Å². The maximum atomic E-state index is 11.9. The van der Waals surface area contributed by atoms with Gasteiger partial charge in [0.2, 0.25) is 0 Å². The molecule has 0 spiro atoms. The van der Waals surface area contributed by atoms with Gasteiger partial charge in [-0.25, -0.2) is 0 Å². The van der Waals surface area contributed by atoms with E-state index in [1.54, 1.807) is 0 Å². The number of non-ortho nitro benzene ring substituents is 1. The van der Waals surface area contributed by atoms with Gasteiger partial charge in [-0.2, -0.15) is 13.2 Å². The predicted molar refractivity (Wildman–Crippen MR) is 70.0 cm³/mol. The summed E-state index contributed by atoms with van der Waals surface area (Å²) in [5, 5.41) is 24.0. The summed E-state index contributed by atoms with van der Waals surface area (Å²) in [5.41, 5.74) is -5.01. The molecule has 0 aliphatic carbocycles. The number of nitro benzene ring substituents is 2. The minimum absolute atomic E-state index is 0.00167. The summed E-state index contributed by atoms with van der Waals surface area (Å²) < 4.78 is 35.6. The van der Waals surface area contributed by atoms with Gasteiger partial charge in [0.25, 0.3) is 11.4 Å². The lowest BCUT2D eigenvalue weighted by molar-refractivity contribution is -0.394. The first kappa shape index (κ1) is 17.2. The molecule has 0 saturated heterocycles. The Morgan fingerprint density at radius 2 is 1.86 bits per heavy atom. The van der Waals surface area contributed by atoms with Gasteiger partial charge in [-0.15, -0.1) is 0 Å². The van der Waals surface area contributed by atoms with Crippen LogP contribution in [0.15, 0.2) is 18.2 Å². The average Bonchev–Trinajstić information content (AvgIpc) is 2.36. The number of benzene rings is 1. The highest BCUT2D eigenvalue weighted by Gasteiger charge is 2.27. The molecule has 0 unspecified atom stereocenters. The molecule has 116 valence electrons. The molecule has 0 fully saturated rings. The van der Waals surface area contributed by atoms with Gasteiger partial charge in [-0.05, 0) is 17.8 Å². The summed E-state index contributed by atoms with van der Waals surface area (Å²) >= 11 is -0.200. The number of thioether (sulfide) groups is 1. The van der Waals surface area contributed by atoms with E-state index in [0.717, 1.165) is 12.1 Å². The van der Waals surface area contributed by atoms with Crippen molar-refractivity contribution in [2.75, 3.05) is 12.3 Å². The quantitative estimate of drug-likeness (QED) is 0.470. The van der Waals surface area contributed by atoms with Gasteiger partial charge >= 0.3 is 5.51 Å². The van der Waals surface area contributed by atoms with Gasteiger partial charge in [0.1, 0.15) is 0 Å². The van der Waals surface area contributed by atoms with Crippen molar-refractivity contribution < 1.29 is 23.0 Å². The van der Waals surface area contributed by atoms with Crippen molar-refractivity contribution in [3.8, 4) is 0 Å². The molecule has 1 aromatic rings. The highest BCUT2D eigenvalue weighted by Crippen LogP contribution is 2.29. The second-order valence-electron chi connectivity index (χ2n) is 3.80. The van der Waals surface area contributed by atoms with Crippen LogP contribution < -0.4 is 5.32 Å². The van der Waals surface area contributed by atoms with Crippen LogP contribution in [-0.2, 0) is 6.54 Å². The first-order valence-electron chi connectivity index (χ1n) is 5.54. The summed E-state index contributed by atoms with van der Waals surface area (Å²) in [4.78, 5) is 19.8. The van der Waals surface area contributed by atoms with Crippen LogP contribution in [0, 0.1) is 20.2 Å². The Morgan fingerprint density at radius 1 is 1.19 bits per heavy atom. The van der Waals surface area contributed by atoms with E-state index in [4.69, 9.17) is 0 Å². The van der Waals surface area contributed by atoms with Crippen molar-refractivity contribution in [1.82, 2.24) is 5.32 Å². The largest absolute Gasteiger partial charge is 0.441 e. The summed E-state index contributed by atoms with van der Waals surface area (Å²) in [7, 11) is 0. The number of rotatable bonds is 7. The number of nitro groups is 2. The van der Waals surface area contributed by atoms with E-state index in [1.165, 1.54) is 6.07 Å². The molecular weight excluding hydrogens is 315 g/mol. The lowest BCUT2D eigenvalue weighted by atomic mass is 10.1.